The van der Waals surface area contributed by atoms with Crippen molar-refractivity contribution in [2.24, 2.45) is 0 Å². The van der Waals surface area contributed by atoms with E-state index in [1.165, 1.54) is 11.8 Å². The van der Waals surface area contributed by atoms with Gasteiger partial charge in [-0.15, -0.1) is 6.58 Å². The fraction of sp³-hybridized carbons (Fsp3) is 0.200. The van der Waals surface area contributed by atoms with Crippen LogP contribution in [0.25, 0.3) is 11.0 Å². The maximum absolute atomic E-state index is 12.8. The molecule has 3 rings (SSSR count). The van der Waals surface area contributed by atoms with Crippen molar-refractivity contribution in [1.82, 2.24) is 9.55 Å². The lowest BCUT2D eigenvalue weighted by molar-refractivity contribution is -0.117. The van der Waals surface area contributed by atoms with Crippen LogP contribution < -0.4 is 4.90 Å². The number of thioether (sulfide) groups is 1. The van der Waals surface area contributed by atoms with Gasteiger partial charge in [0.15, 0.2) is 5.16 Å². The number of allylic oxidation sites excluding steroid dienone is 1. The highest BCUT2D eigenvalue weighted by Gasteiger charge is 2.22. The van der Waals surface area contributed by atoms with Crippen LogP contribution in [0, 0.1) is 0 Å². The summed E-state index contributed by atoms with van der Waals surface area (Å²) >= 11 is 1.48. The lowest BCUT2D eigenvalue weighted by atomic mass is 10.3. The topological polar surface area (TPSA) is 38.1 Å². The molecule has 0 bridgehead atoms. The molecule has 0 aliphatic carbocycles. The van der Waals surface area contributed by atoms with Gasteiger partial charge in [0.1, 0.15) is 0 Å². The summed E-state index contributed by atoms with van der Waals surface area (Å²) in [5.74, 6) is 0.0495. The molecule has 0 saturated heterocycles. The lowest BCUT2D eigenvalue weighted by Gasteiger charge is -2.21. The second kappa shape index (κ2) is 7.57. The van der Waals surface area contributed by atoms with Crippen molar-refractivity contribution in [3.63, 3.8) is 0 Å². The van der Waals surface area contributed by atoms with Crippen LogP contribution in [0.3, 0.4) is 0 Å². The van der Waals surface area contributed by atoms with Gasteiger partial charge < -0.3 is 9.47 Å². The largest absolute Gasteiger partial charge is 0.315 e. The molecule has 3 aromatic rings. The van der Waals surface area contributed by atoms with Gasteiger partial charge >= 0.3 is 0 Å². The van der Waals surface area contributed by atoms with E-state index in [9.17, 15) is 4.79 Å². The molecule has 0 fully saturated rings. The molecule has 4 nitrogen and oxygen atoms in total. The van der Waals surface area contributed by atoms with Gasteiger partial charge in [-0.2, -0.15) is 0 Å². The number of nitrogens with zero attached hydrogens (tertiary/aromatic N) is 3. The van der Waals surface area contributed by atoms with Crippen molar-refractivity contribution < 1.29 is 4.79 Å². The van der Waals surface area contributed by atoms with Crippen molar-refractivity contribution in [3.8, 4) is 0 Å². The minimum atomic E-state index is -0.245. The number of rotatable bonds is 6. The van der Waals surface area contributed by atoms with E-state index in [4.69, 9.17) is 4.98 Å². The van der Waals surface area contributed by atoms with Crippen molar-refractivity contribution >= 4 is 34.4 Å². The lowest BCUT2D eigenvalue weighted by Crippen LogP contribution is -2.33. The standard InChI is InChI=1S/C20H21N3OS/c1-4-14-23-18-13-9-8-12-17(18)21-20(23)25-15(2)19(24)22(3)16-10-6-5-7-11-16/h4-13,15H,1,14H2,2-3H3. The third-order valence-electron chi connectivity index (χ3n) is 4.04. The summed E-state index contributed by atoms with van der Waals surface area (Å²) < 4.78 is 2.10. The van der Waals surface area contributed by atoms with Gasteiger partial charge in [0.2, 0.25) is 5.91 Å². The molecule has 2 aromatic carbocycles. The molecule has 25 heavy (non-hydrogen) atoms. The van der Waals surface area contributed by atoms with E-state index in [1.807, 2.05) is 67.6 Å². The maximum atomic E-state index is 12.8. The third kappa shape index (κ3) is 3.61. The Morgan fingerprint density at radius 3 is 2.64 bits per heavy atom. The summed E-state index contributed by atoms with van der Waals surface area (Å²) in [5.41, 5.74) is 2.88. The van der Waals surface area contributed by atoms with Gasteiger partial charge in [0, 0.05) is 19.3 Å². The zero-order valence-corrected chi connectivity index (χ0v) is 15.2. The van der Waals surface area contributed by atoms with Crippen molar-refractivity contribution in [2.45, 2.75) is 23.9 Å². The predicted molar refractivity (Wildman–Crippen MR) is 105 cm³/mol. The van der Waals surface area contributed by atoms with E-state index in [1.54, 1.807) is 11.9 Å². The number of fused-ring (bicyclic) bond motifs is 1. The monoisotopic (exact) mass is 351 g/mol. The van der Waals surface area contributed by atoms with Crippen LogP contribution in [0.15, 0.2) is 72.4 Å². The molecule has 0 radical (unpaired) electrons. The van der Waals surface area contributed by atoms with Gasteiger partial charge in [-0.1, -0.05) is 48.2 Å². The molecule has 1 aromatic heterocycles. The van der Waals surface area contributed by atoms with Crippen LogP contribution >= 0.6 is 11.8 Å². The number of hydrogen-bond donors (Lipinski definition) is 0. The third-order valence-corrected chi connectivity index (χ3v) is 5.11. The van der Waals surface area contributed by atoms with Crippen LogP contribution in [0.1, 0.15) is 6.92 Å². The van der Waals surface area contributed by atoms with E-state index in [0.29, 0.717) is 6.54 Å². The maximum Gasteiger partial charge on any atom is 0.240 e. The number of para-hydroxylation sites is 3. The first-order valence-corrected chi connectivity index (χ1v) is 9.05. The molecule has 128 valence electrons. The zero-order chi connectivity index (χ0) is 17.8. The van der Waals surface area contributed by atoms with Gasteiger partial charge in [-0.3, -0.25) is 4.79 Å². The van der Waals surface area contributed by atoms with Gasteiger partial charge in [0.05, 0.1) is 16.3 Å². The van der Waals surface area contributed by atoms with Gasteiger partial charge in [-0.25, -0.2) is 4.98 Å². The Kier molecular flexibility index (Phi) is 5.24. The highest BCUT2D eigenvalue weighted by atomic mass is 32.2. The van der Waals surface area contributed by atoms with Crippen LogP contribution in [0.2, 0.25) is 0 Å². The van der Waals surface area contributed by atoms with Crippen molar-refractivity contribution in [3.05, 3.63) is 67.3 Å². The number of carbonyl (C=O) groups is 1. The molecular weight excluding hydrogens is 330 g/mol. The first kappa shape index (κ1) is 17.3. The van der Waals surface area contributed by atoms with E-state index in [-0.39, 0.29) is 11.2 Å². The van der Waals surface area contributed by atoms with E-state index in [2.05, 4.69) is 11.1 Å². The molecule has 0 aliphatic heterocycles. The zero-order valence-electron chi connectivity index (χ0n) is 14.4. The minimum Gasteiger partial charge on any atom is -0.315 e. The fourth-order valence-electron chi connectivity index (χ4n) is 2.71. The molecule has 1 atom stereocenters. The Hall–Kier alpha value is -2.53. The Labute approximate surface area is 152 Å². The molecule has 0 aliphatic rings. The molecule has 5 heteroatoms. The normalized spacial score (nSPS) is 12.1. The van der Waals surface area contributed by atoms with Gasteiger partial charge in [-0.05, 0) is 31.2 Å². The number of imidazole rings is 1. The molecule has 1 heterocycles. The van der Waals surface area contributed by atoms with E-state index >= 15 is 0 Å². The second-order valence-electron chi connectivity index (χ2n) is 5.78. The first-order valence-electron chi connectivity index (χ1n) is 8.17. The average Bonchev–Trinajstić information content (AvgIpc) is 2.99. The molecule has 1 amide bonds. The minimum absolute atomic E-state index is 0.0495. The Balaban J connectivity index is 1.84. The highest BCUT2D eigenvalue weighted by molar-refractivity contribution is 8.00. The molecule has 0 saturated carbocycles. The average molecular weight is 351 g/mol. The van der Waals surface area contributed by atoms with Crippen LogP contribution in [0.4, 0.5) is 5.69 Å². The Bertz CT molecular complexity index is 888. The number of amides is 1. The molecular formula is C20H21N3OS. The van der Waals surface area contributed by atoms with Gasteiger partial charge in [0.25, 0.3) is 0 Å². The molecule has 0 N–H and O–H groups in total. The smallest absolute Gasteiger partial charge is 0.240 e. The Morgan fingerprint density at radius 2 is 1.92 bits per heavy atom. The summed E-state index contributed by atoms with van der Waals surface area (Å²) in [7, 11) is 1.81. The molecule has 0 spiro atoms. The van der Waals surface area contributed by atoms with E-state index < -0.39 is 0 Å². The Morgan fingerprint density at radius 1 is 1.24 bits per heavy atom. The number of aromatic nitrogens is 2. The summed E-state index contributed by atoms with van der Waals surface area (Å²) in [6.45, 7) is 6.42. The number of hydrogen-bond acceptors (Lipinski definition) is 3. The first-order chi connectivity index (χ1) is 12.1. The van der Waals surface area contributed by atoms with Crippen LogP contribution in [-0.2, 0) is 11.3 Å². The fourth-order valence-corrected chi connectivity index (χ4v) is 3.74. The summed E-state index contributed by atoms with van der Waals surface area (Å²) in [6.07, 6.45) is 1.85. The summed E-state index contributed by atoms with van der Waals surface area (Å²) in [6, 6.07) is 17.7. The van der Waals surface area contributed by atoms with Crippen LogP contribution in [-0.4, -0.2) is 27.8 Å². The second-order valence-corrected chi connectivity index (χ2v) is 7.08. The number of benzene rings is 2. The van der Waals surface area contributed by atoms with Crippen LogP contribution in [0.5, 0.6) is 0 Å². The summed E-state index contributed by atoms with van der Waals surface area (Å²) in [5, 5.41) is 0.592. The quantitative estimate of drug-likeness (QED) is 0.489. The highest BCUT2D eigenvalue weighted by Crippen LogP contribution is 2.28. The van der Waals surface area contributed by atoms with Crippen molar-refractivity contribution in [1.29, 1.82) is 0 Å². The summed E-state index contributed by atoms with van der Waals surface area (Å²) in [4.78, 5) is 19.2. The number of carbonyl (C=O) groups excluding carboxylic acids is 1. The van der Waals surface area contributed by atoms with Crippen molar-refractivity contribution in [2.75, 3.05) is 11.9 Å². The SMILES string of the molecule is C=CCn1c(SC(C)C(=O)N(C)c2ccccc2)nc2ccccc21. The number of anilines is 1. The van der Waals surface area contributed by atoms with E-state index in [0.717, 1.165) is 21.9 Å². The predicted octanol–water partition coefficient (Wildman–Crippen LogP) is 4.37. The molecule has 1 unspecified atom stereocenters.